The Morgan fingerprint density at radius 2 is 1.57 bits per heavy atom. The molecule has 3 aliphatic rings. The van der Waals surface area contributed by atoms with Gasteiger partial charge in [-0.3, -0.25) is 19.2 Å². The van der Waals surface area contributed by atoms with Crippen molar-refractivity contribution < 1.29 is 33.4 Å². The first-order valence-corrected chi connectivity index (χ1v) is 14.8. The summed E-state index contributed by atoms with van der Waals surface area (Å²) in [5.74, 6) is -3.13. The molecular weight excluding hydrogens is 516 g/mol. The molecule has 0 aromatic heterocycles. The van der Waals surface area contributed by atoms with Gasteiger partial charge in [0.25, 0.3) is 5.91 Å². The van der Waals surface area contributed by atoms with Gasteiger partial charge in [-0.15, -0.1) is 0 Å². The summed E-state index contributed by atoms with van der Waals surface area (Å²) < 4.78 is 11.6. The molecule has 0 saturated carbocycles. The van der Waals surface area contributed by atoms with Gasteiger partial charge in [0.1, 0.15) is 17.7 Å². The quantitative estimate of drug-likeness (QED) is 0.445. The number of nitrogens with one attached hydrogen (secondary N) is 2. The van der Waals surface area contributed by atoms with E-state index in [-0.39, 0.29) is 24.5 Å². The lowest BCUT2D eigenvalue weighted by atomic mass is 9.89. The summed E-state index contributed by atoms with van der Waals surface area (Å²) >= 11 is 0. The molecular formula is C29H48N4O7. The molecule has 3 fully saturated rings. The third-order valence-corrected chi connectivity index (χ3v) is 7.95. The van der Waals surface area contributed by atoms with Gasteiger partial charge in [0.2, 0.25) is 17.6 Å². The van der Waals surface area contributed by atoms with Crippen molar-refractivity contribution in [3.05, 3.63) is 0 Å². The SMILES string of the molecule is CC(C)(C)OC(=O)N[C@H]1CCCCCCCCCC[C@@H](C(=O)C(N)=O)NC(=O)[C@@H]2[C@H]3CC(C)(C)O[C@H]3CN2C1=O. The first-order chi connectivity index (χ1) is 18.7. The maximum absolute atomic E-state index is 14.0. The van der Waals surface area contributed by atoms with E-state index < -0.39 is 53.0 Å². The number of carbonyl (C=O) groups is 5. The van der Waals surface area contributed by atoms with Crippen LogP contribution in [0.2, 0.25) is 0 Å². The number of ketones is 1. The molecule has 11 nitrogen and oxygen atoms in total. The molecule has 0 aromatic carbocycles. The molecule has 0 unspecified atom stereocenters. The number of hydrogen-bond donors (Lipinski definition) is 3. The Morgan fingerprint density at radius 3 is 2.15 bits per heavy atom. The highest BCUT2D eigenvalue weighted by Crippen LogP contribution is 2.43. The summed E-state index contributed by atoms with van der Waals surface area (Å²) in [6, 6.07) is -2.85. The highest BCUT2D eigenvalue weighted by atomic mass is 16.6. The Bertz CT molecular complexity index is 961. The maximum Gasteiger partial charge on any atom is 0.408 e. The number of hydrogen-bond acceptors (Lipinski definition) is 7. The minimum Gasteiger partial charge on any atom is -0.444 e. The molecule has 3 rings (SSSR count). The van der Waals surface area contributed by atoms with Gasteiger partial charge in [-0.25, -0.2) is 4.79 Å². The van der Waals surface area contributed by atoms with Crippen LogP contribution in [0.3, 0.4) is 0 Å². The van der Waals surface area contributed by atoms with Crippen LogP contribution in [0.25, 0.3) is 0 Å². The van der Waals surface area contributed by atoms with E-state index in [2.05, 4.69) is 10.6 Å². The predicted molar refractivity (Wildman–Crippen MR) is 148 cm³/mol. The van der Waals surface area contributed by atoms with Crippen LogP contribution >= 0.6 is 0 Å². The molecule has 3 aliphatic heterocycles. The van der Waals surface area contributed by atoms with Crippen molar-refractivity contribution in [3.63, 3.8) is 0 Å². The van der Waals surface area contributed by atoms with Gasteiger partial charge in [-0.05, 0) is 53.9 Å². The van der Waals surface area contributed by atoms with Crippen LogP contribution < -0.4 is 16.4 Å². The molecule has 0 spiro atoms. The highest BCUT2D eigenvalue weighted by molar-refractivity contribution is 6.37. The summed E-state index contributed by atoms with van der Waals surface area (Å²) in [6.07, 6.45) is 7.46. The number of amides is 4. The van der Waals surface area contributed by atoms with E-state index in [0.29, 0.717) is 25.7 Å². The van der Waals surface area contributed by atoms with E-state index >= 15 is 0 Å². The van der Waals surface area contributed by atoms with Gasteiger partial charge in [0.15, 0.2) is 0 Å². The number of alkyl carbamates (subject to hydrolysis) is 1. The first kappa shape index (κ1) is 31.8. The lowest BCUT2D eigenvalue weighted by Gasteiger charge is -2.33. The lowest BCUT2D eigenvalue weighted by molar-refractivity contribution is -0.143. The molecule has 4 amide bonds. The summed E-state index contributed by atoms with van der Waals surface area (Å²) in [6.45, 7) is 9.33. The van der Waals surface area contributed by atoms with E-state index in [0.717, 1.165) is 44.9 Å². The zero-order chi connectivity index (χ0) is 29.7. The Morgan fingerprint density at radius 1 is 1.00 bits per heavy atom. The number of fused-ring (bicyclic) bond motifs is 3. The summed E-state index contributed by atoms with van der Waals surface area (Å²) in [5, 5.41) is 5.51. The van der Waals surface area contributed by atoms with Gasteiger partial charge in [0, 0.05) is 12.5 Å². The minimum absolute atomic E-state index is 0.186. The van der Waals surface area contributed by atoms with Gasteiger partial charge >= 0.3 is 6.09 Å². The Hall–Kier alpha value is -2.69. The predicted octanol–water partition coefficient (Wildman–Crippen LogP) is 2.73. The fourth-order valence-corrected chi connectivity index (χ4v) is 6.20. The van der Waals surface area contributed by atoms with Crippen molar-refractivity contribution in [3.8, 4) is 0 Å². The molecule has 5 atom stereocenters. The fraction of sp³-hybridized carbons (Fsp3) is 0.828. The molecule has 11 heteroatoms. The molecule has 4 N–H and O–H groups in total. The number of ether oxygens (including phenoxy) is 2. The second-order valence-electron chi connectivity index (χ2n) is 13.1. The second-order valence-corrected chi connectivity index (χ2v) is 13.1. The van der Waals surface area contributed by atoms with Gasteiger partial charge in [0.05, 0.1) is 17.7 Å². The number of nitrogens with zero attached hydrogens (tertiary/aromatic N) is 1. The van der Waals surface area contributed by atoms with Crippen LogP contribution in [0.4, 0.5) is 4.79 Å². The van der Waals surface area contributed by atoms with Crippen molar-refractivity contribution in [2.75, 3.05) is 6.54 Å². The van der Waals surface area contributed by atoms with Crippen LogP contribution in [-0.2, 0) is 28.7 Å². The number of rotatable bonds is 3. The van der Waals surface area contributed by atoms with E-state index in [1.807, 2.05) is 13.8 Å². The number of nitrogens with two attached hydrogens (primary N) is 1. The largest absolute Gasteiger partial charge is 0.444 e. The van der Waals surface area contributed by atoms with Gasteiger partial charge in [-0.1, -0.05) is 51.4 Å². The molecule has 0 radical (unpaired) electrons. The zero-order valence-corrected chi connectivity index (χ0v) is 24.8. The monoisotopic (exact) mass is 564 g/mol. The average molecular weight is 565 g/mol. The van der Waals surface area contributed by atoms with Crippen molar-refractivity contribution >= 4 is 29.6 Å². The Balaban J connectivity index is 1.91. The van der Waals surface area contributed by atoms with Crippen LogP contribution in [-0.4, -0.2) is 76.5 Å². The lowest BCUT2D eigenvalue weighted by Crippen LogP contribution is -2.57. The van der Waals surface area contributed by atoms with Crippen molar-refractivity contribution in [2.45, 2.75) is 141 Å². The van der Waals surface area contributed by atoms with E-state index in [9.17, 15) is 24.0 Å². The topological polar surface area (TPSA) is 157 Å². The minimum atomic E-state index is -1.10. The molecule has 40 heavy (non-hydrogen) atoms. The molecule has 0 aromatic rings. The summed E-state index contributed by atoms with van der Waals surface area (Å²) in [7, 11) is 0. The van der Waals surface area contributed by atoms with Crippen molar-refractivity contribution in [1.29, 1.82) is 0 Å². The van der Waals surface area contributed by atoms with Crippen LogP contribution in [0, 0.1) is 5.92 Å². The second kappa shape index (κ2) is 13.3. The summed E-state index contributed by atoms with van der Waals surface area (Å²) in [4.78, 5) is 66.4. The van der Waals surface area contributed by atoms with Crippen LogP contribution in [0.5, 0.6) is 0 Å². The number of Topliss-reactive ketones (excluding diaryl/α,β-unsaturated/α-hetero) is 1. The van der Waals surface area contributed by atoms with Gasteiger partial charge in [-0.2, -0.15) is 0 Å². The van der Waals surface area contributed by atoms with Crippen LogP contribution in [0.1, 0.15) is 105 Å². The normalized spacial score (nSPS) is 30.4. The summed E-state index contributed by atoms with van der Waals surface area (Å²) in [5.41, 5.74) is 4.10. The third kappa shape index (κ3) is 8.65. The first-order valence-electron chi connectivity index (χ1n) is 14.8. The highest BCUT2D eigenvalue weighted by Gasteiger charge is 2.56. The van der Waals surface area contributed by atoms with Crippen molar-refractivity contribution in [1.82, 2.24) is 15.5 Å². The standard InChI is InChI=1S/C29H48N4O7/c1-28(2,3)40-27(38)32-20-15-13-11-9-7-6-8-10-12-14-19(23(34)24(30)35)31-25(36)22-18-16-29(4,5)39-21(18)17-33(22)26(20)37/h18-22H,6-17H2,1-5H3,(H2,30,35)(H,31,36)(H,32,38)/t18-,19-,20-,21-,22-/m0/s1. The molecule has 0 aliphatic carbocycles. The fourth-order valence-electron chi connectivity index (χ4n) is 6.20. The third-order valence-electron chi connectivity index (χ3n) is 7.95. The Kier molecular flexibility index (Phi) is 10.6. The molecule has 3 saturated heterocycles. The van der Waals surface area contributed by atoms with E-state index in [1.165, 1.54) is 4.90 Å². The maximum atomic E-state index is 14.0. The van der Waals surface area contributed by atoms with E-state index in [1.54, 1.807) is 20.8 Å². The number of primary amides is 1. The number of carbonyl (C=O) groups excluding carboxylic acids is 5. The van der Waals surface area contributed by atoms with Gasteiger partial charge < -0.3 is 30.7 Å². The molecule has 0 bridgehead atoms. The smallest absolute Gasteiger partial charge is 0.408 e. The van der Waals surface area contributed by atoms with Crippen molar-refractivity contribution in [2.24, 2.45) is 11.7 Å². The zero-order valence-electron chi connectivity index (χ0n) is 24.8. The van der Waals surface area contributed by atoms with Crippen LogP contribution in [0.15, 0.2) is 0 Å². The Labute approximate surface area is 237 Å². The average Bonchev–Trinajstić information content (AvgIpc) is 3.32. The molecule has 3 heterocycles. The molecule has 226 valence electrons. The van der Waals surface area contributed by atoms with E-state index in [4.69, 9.17) is 15.2 Å².